The monoisotopic (exact) mass is 347 g/mol. The summed E-state index contributed by atoms with van der Waals surface area (Å²) in [6.07, 6.45) is 2.36. The fraction of sp³-hybridized carbons (Fsp3) is 0.353. The highest BCUT2D eigenvalue weighted by Gasteiger charge is 2.14. The van der Waals surface area contributed by atoms with Crippen molar-refractivity contribution in [1.82, 2.24) is 10.2 Å². The van der Waals surface area contributed by atoms with Gasteiger partial charge in [0.1, 0.15) is 0 Å². The minimum Gasteiger partial charge on any atom is -0.326 e. The molecule has 0 aliphatic heterocycles. The number of carbonyl (C=O) groups excluding carboxylic acids is 1. The topological polar surface area (TPSA) is 89.0 Å². The second-order valence-corrected chi connectivity index (χ2v) is 7.61. The van der Waals surface area contributed by atoms with Gasteiger partial charge in [0, 0.05) is 17.7 Å². The largest absolute Gasteiger partial charge is 0.326 e. The summed E-state index contributed by atoms with van der Waals surface area (Å²) < 4.78 is 23.5. The average molecular weight is 347 g/mol. The lowest BCUT2D eigenvalue weighted by Crippen LogP contribution is -2.10. The minimum absolute atomic E-state index is 0.00137. The number of unbranched alkanes of at least 4 members (excludes halogenated alkanes) is 1. The van der Waals surface area contributed by atoms with Crippen molar-refractivity contribution >= 4 is 21.4 Å². The second-order valence-electron chi connectivity index (χ2n) is 5.39. The maximum atomic E-state index is 11.7. The molecule has 1 N–H and O–H groups in total. The molecule has 1 heterocycles. The SMILES string of the molecule is CCCCC(=O)Nc1ccc(-c2ccc(S(=O)(=O)CC)nn2)cc1. The van der Waals surface area contributed by atoms with Gasteiger partial charge >= 0.3 is 0 Å². The van der Waals surface area contributed by atoms with Gasteiger partial charge in [0.25, 0.3) is 0 Å². The molecule has 128 valence electrons. The van der Waals surface area contributed by atoms with E-state index in [1.165, 1.54) is 6.07 Å². The van der Waals surface area contributed by atoms with Crippen molar-refractivity contribution in [2.75, 3.05) is 11.1 Å². The molecular weight excluding hydrogens is 326 g/mol. The van der Waals surface area contributed by atoms with E-state index in [9.17, 15) is 13.2 Å². The van der Waals surface area contributed by atoms with Crippen LogP contribution in [0.3, 0.4) is 0 Å². The van der Waals surface area contributed by atoms with Crippen LogP contribution in [0.1, 0.15) is 33.1 Å². The summed E-state index contributed by atoms with van der Waals surface area (Å²) >= 11 is 0. The van der Waals surface area contributed by atoms with E-state index in [1.54, 1.807) is 25.1 Å². The molecule has 0 fully saturated rings. The number of amides is 1. The van der Waals surface area contributed by atoms with E-state index >= 15 is 0 Å². The van der Waals surface area contributed by atoms with Crippen molar-refractivity contribution in [2.45, 2.75) is 38.1 Å². The van der Waals surface area contributed by atoms with Crippen LogP contribution in [-0.2, 0) is 14.6 Å². The van der Waals surface area contributed by atoms with Crippen LogP contribution in [0.4, 0.5) is 5.69 Å². The molecule has 1 amide bonds. The van der Waals surface area contributed by atoms with Crippen molar-refractivity contribution < 1.29 is 13.2 Å². The van der Waals surface area contributed by atoms with Gasteiger partial charge in [-0.15, -0.1) is 10.2 Å². The predicted octanol–water partition coefficient (Wildman–Crippen LogP) is 3.07. The van der Waals surface area contributed by atoms with E-state index in [-0.39, 0.29) is 16.7 Å². The zero-order valence-electron chi connectivity index (χ0n) is 13.8. The van der Waals surface area contributed by atoms with Crippen LogP contribution in [0.5, 0.6) is 0 Å². The van der Waals surface area contributed by atoms with Crippen molar-refractivity contribution in [2.24, 2.45) is 0 Å². The third-order valence-corrected chi connectivity index (χ3v) is 5.18. The maximum absolute atomic E-state index is 11.7. The number of aromatic nitrogens is 2. The van der Waals surface area contributed by atoms with Crippen LogP contribution in [0.15, 0.2) is 41.4 Å². The summed E-state index contributed by atoms with van der Waals surface area (Å²) in [5, 5.41) is 10.6. The Morgan fingerprint density at radius 1 is 1.04 bits per heavy atom. The Kier molecular flexibility index (Phi) is 6.03. The first-order chi connectivity index (χ1) is 11.5. The van der Waals surface area contributed by atoms with Gasteiger partial charge in [-0.25, -0.2) is 8.42 Å². The number of hydrogen-bond acceptors (Lipinski definition) is 5. The van der Waals surface area contributed by atoms with E-state index in [1.807, 2.05) is 19.1 Å². The molecule has 6 nitrogen and oxygen atoms in total. The van der Waals surface area contributed by atoms with Gasteiger partial charge < -0.3 is 5.32 Å². The number of nitrogens with one attached hydrogen (secondary N) is 1. The minimum atomic E-state index is -3.35. The average Bonchev–Trinajstić information content (AvgIpc) is 2.61. The predicted molar refractivity (Wildman–Crippen MR) is 93.3 cm³/mol. The zero-order valence-corrected chi connectivity index (χ0v) is 14.6. The van der Waals surface area contributed by atoms with Crippen LogP contribution in [0.25, 0.3) is 11.3 Å². The standard InChI is InChI=1S/C17H21N3O3S/c1-3-5-6-16(21)18-14-9-7-13(8-10-14)15-11-12-17(20-19-15)24(22,23)4-2/h7-12H,3-6H2,1-2H3,(H,18,21). The number of nitrogens with zero attached hydrogens (tertiary/aromatic N) is 2. The third-order valence-electron chi connectivity index (χ3n) is 3.56. The van der Waals surface area contributed by atoms with E-state index in [0.29, 0.717) is 12.1 Å². The van der Waals surface area contributed by atoms with Crippen molar-refractivity contribution in [3.63, 3.8) is 0 Å². The second kappa shape index (κ2) is 8.01. The Morgan fingerprint density at radius 2 is 1.75 bits per heavy atom. The van der Waals surface area contributed by atoms with Gasteiger partial charge in [-0.3, -0.25) is 4.79 Å². The Hall–Kier alpha value is -2.28. The lowest BCUT2D eigenvalue weighted by atomic mass is 10.1. The molecular formula is C17H21N3O3S. The highest BCUT2D eigenvalue weighted by atomic mass is 32.2. The Bertz CT molecular complexity index is 785. The van der Waals surface area contributed by atoms with Gasteiger partial charge in [0.15, 0.2) is 14.9 Å². The molecule has 0 bridgehead atoms. The van der Waals surface area contributed by atoms with Crippen LogP contribution in [-0.4, -0.2) is 30.3 Å². The summed E-state index contributed by atoms with van der Waals surface area (Å²) in [5.74, 6) is -0.00787. The van der Waals surface area contributed by atoms with E-state index < -0.39 is 9.84 Å². The molecule has 0 spiro atoms. The third kappa shape index (κ3) is 4.61. The molecule has 0 radical (unpaired) electrons. The first-order valence-corrected chi connectivity index (χ1v) is 9.58. The Morgan fingerprint density at radius 3 is 2.29 bits per heavy atom. The molecule has 0 aliphatic rings. The summed E-state index contributed by atoms with van der Waals surface area (Å²) in [6.45, 7) is 3.61. The van der Waals surface area contributed by atoms with Crippen LogP contribution in [0.2, 0.25) is 0 Å². The molecule has 24 heavy (non-hydrogen) atoms. The van der Waals surface area contributed by atoms with Gasteiger partial charge in [0.05, 0.1) is 11.4 Å². The molecule has 0 saturated carbocycles. The normalized spacial score (nSPS) is 11.2. The smallest absolute Gasteiger partial charge is 0.224 e. The molecule has 2 aromatic rings. The molecule has 0 atom stereocenters. The number of rotatable bonds is 7. The molecule has 2 rings (SSSR count). The fourth-order valence-electron chi connectivity index (χ4n) is 2.07. The molecule has 1 aromatic heterocycles. The highest BCUT2D eigenvalue weighted by molar-refractivity contribution is 7.91. The highest BCUT2D eigenvalue weighted by Crippen LogP contribution is 2.20. The van der Waals surface area contributed by atoms with E-state index in [4.69, 9.17) is 0 Å². The maximum Gasteiger partial charge on any atom is 0.224 e. The quantitative estimate of drug-likeness (QED) is 0.831. The van der Waals surface area contributed by atoms with Crippen molar-refractivity contribution in [3.8, 4) is 11.3 Å². The van der Waals surface area contributed by atoms with Crippen molar-refractivity contribution in [1.29, 1.82) is 0 Å². The summed E-state index contributed by atoms with van der Waals surface area (Å²) in [5.41, 5.74) is 2.10. The van der Waals surface area contributed by atoms with Gasteiger partial charge in [-0.1, -0.05) is 32.4 Å². The fourth-order valence-corrected chi connectivity index (χ4v) is 2.81. The van der Waals surface area contributed by atoms with Crippen LogP contribution < -0.4 is 5.32 Å². The molecule has 0 saturated heterocycles. The first kappa shape index (κ1) is 18.1. The molecule has 7 heteroatoms. The molecule has 1 aromatic carbocycles. The zero-order chi connectivity index (χ0) is 17.6. The van der Waals surface area contributed by atoms with Crippen LogP contribution >= 0.6 is 0 Å². The lowest BCUT2D eigenvalue weighted by Gasteiger charge is -2.06. The van der Waals surface area contributed by atoms with E-state index in [2.05, 4.69) is 15.5 Å². The summed E-state index contributed by atoms with van der Waals surface area (Å²) in [6, 6.07) is 10.3. The number of anilines is 1. The van der Waals surface area contributed by atoms with Crippen molar-refractivity contribution in [3.05, 3.63) is 36.4 Å². The van der Waals surface area contributed by atoms with Crippen LogP contribution in [0, 0.1) is 0 Å². The summed E-state index contributed by atoms with van der Waals surface area (Å²) in [4.78, 5) is 11.7. The molecule has 0 aliphatic carbocycles. The van der Waals surface area contributed by atoms with Gasteiger partial charge in [-0.05, 0) is 30.7 Å². The number of hydrogen-bond donors (Lipinski definition) is 1. The summed E-state index contributed by atoms with van der Waals surface area (Å²) in [7, 11) is -3.35. The lowest BCUT2D eigenvalue weighted by molar-refractivity contribution is -0.116. The number of sulfone groups is 1. The Balaban J connectivity index is 2.09. The molecule has 0 unspecified atom stereocenters. The Labute approximate surface area is 142 Å². The number of carbonyl (C=O) groups is 1. The van der Waals surface area contributed by atoms with E-state index in [0.717, 1.165) is 24.1 Å². The van der Waals surface area contributed by atoms with Gasteiger partial charge in [-0.2, -0.15) is 0 Å². The number of benzene rings is 1. The first-order valence-electron chi connectivity index (χ1n) is 7.93. The van der Waals surface area contributed by atoms with Gasteiger partial charge in [0.2, 0.25) is 5.91 Å².